The van der Waals surface area contributed by atoms with Crippen LogP contribution in [0.5, 0.6) is 5.75 Å². The fourth-order valence-electron chi connectivity index (χ4n) is 1.92. The van der Waals surface area contributed by atoms with E-state index in [0.717, 1.165) is 23.7 Å². The number of hydrogen-bond acceptors (Lipinski definition) is 2. The Bertz CT molecular complexity index is 506. The number of imidazole rings is 1. The zero-order valence-electron chi connectivity index (χ0n) is 11.5. The van der Waals surface area contributed by atoms with Gasteiger partial charge in [0.05, 0.1) is 7.11 Å². The summed E-state index contributed by atoms with van der Waals surface area (Å²) in [5, 5.41) is 0. The largest absolute Gasteiger partial charge is 0.497 e. The van der Waals surface area contributed by atoms with Gasteiger partial charge in [-0.25, -0.2) is 4.98 Å². The molecule has 0 bridgehead atoms. The summed E-state index contributed by atoms with van der Waals surface area (Å²) in [5.41, 5.74) is 1.35. The monoisotopic (exact) mass is 244 g/mol. The van der Waals surface area contributed by atoms with E-state index in [9.17, 15) is 0 Å². The number of hydrogen-bond donors (Lipinski definition) is 0. The molecular weight excluding hydrogens is 224 g/mol. The minimum absolute atomic E-state index is 0.232. The molecule has 2 rings (SSSR count). The third-order valence-electron chi connectivity index (χ3n) is 2.76. The summed E-state index contributed by atoms with van der Waals surface area (Å²) in [7, 11) is 1.68. The molecule has 1 aromatic carbocycles. The van der Waals surface area contributed by atoms with Gasteiger partial charge in [-0.2, -0.15) is 0 Å². The van der Waals surface area contributed by atoms with E-state index in [0.29, 0.717) is 0 Å². The first-order valence-electron chi connectivity index (χ1n) is 6.16. The van der Waals surface area contributed by atoms with E-state index in [1.54, 1.807) is 7.11 Å². The molecule has 0 N–H and O–H groups in total. The number of nitrogens with zero attached hydrogens (tertiary/aromatic N) is 2. The average Bonchev–Trinajstić information content (AvgIpc) is 2.75. The summed E-state index contributed by atoms with van der Waals surface area (Å²) in [4.78, 5) is 4.45. The van der Waals surface area contributed by atoms with Crippen LogP contribution in [0.1, 0.15) is 26.6 Å². The molecule has 0 aliphatic carbocycles. The lowest BCUT2D eigenvalue weighted by Gasteiger charge is -2.18. The van der Waals surface area contributed by atoms with Gasteiger partial charge in [0.2, 0.25) is 0 Å². The molecular formula is C15H20N2O. The van der Waals surface area contributed by atoms with Crippen molar-refractivity contribution in [3.05, 3.63) is 42.5 Å². The normalized spacial score (nSPS) is 11.6. The van der Waals surface area contributed by atoms with Crippen LogP contribution >= 0.6 is 0 Å². The summed E-state index contributed by atoms with van der Waals surface area (Å²) >= 11 is 0. The van der Waals surface area contributed by atoms with Crippen LogP contribution in [-0.2, 0) is 6.42 Å². The van der Waals surface area contributed by atoms with Crippen LogP contribution < -0.4 is 4.74 Å². The molecule has 96 valence electrons. The molecule has 0 atom stereocenters. The molecule has 0 radical (unpaired) electrons. The Morgan fingerprint density at radius 3 is 2.39 bits per heavy atom. The second-order valence-electron chi connectivity index (χ2n) is 5.65. The van der Waals surface area contributed by atoms with Gasteiger partial charge in [-0.1, -0.05) is 20.8 Å². The van der Waals surface area contributed by atoms with E-state index in [4.69, 9.17) is 4.74 Å². The molecule has 0 aliphatic heterocycles. The fraction of sp³-hybridized carbons (Fsp3) is 0.400. The Balaban J connectivity index is 2.30. The molecule has 1 heterocycles. The van der Waals surface area contributed by atoms with Gasteiger partial charge < -0.3 is 9.30 Å². The Labute approximate surface area is 108 Å². The van der Waals surface area contributed by atoms with Crippen LogP contribution in [0, 0.1) is 5.41 Å². The second-order valence-corrected chi connectivity index (χ2v) is 5.65. The van der Waals surface area contributed by atoms with E-state index in [1.807, 2.05) is 36.7 Å². The highest BCUT2D eigenvalue weighted by atomic mass is 16.5. The Morgan fingerprint density at radius 1 is 1.17 bits per heavy atom. The van der Waals surface area contributed by atoms with Gasteiger partial charge in [0.15, 0.2) is 0 Å². The molecule has 0 saturated carbocycles. The average molecular weight is 244 g/mol. The van der Waals surface area contributed by atoms with Crippen LogP contribution in [0.25, 0.3) is 5.69 Å². The first-order chi connectivity index (χ1) is 8.49. The summed E-state index contributed by atoms with van der Waals surface area (Å²) < 4.78 is 7.30. The predicted octanol–water partition coefficient (Wildman–Crippen LogP) is 3.47. The zero-order chi connectivity index (χ0) is 13.2. The van der Waals surface area contributed by atoms with Gasteiger partial charge in [0, 0.05) is 24.5 Å². The predicted molar refractivity (Wildman–Crippen MR) is 73.3 cm³/mol. The minimum atomic E-state index is 0.232. The molecule has 0 saturated heterocycles. The highest BCUT2D eigenvalue weighted by molar-refractivity contribution is 5.38. The van der Waals surface area contributed by atoms with E-state index >= 15 is 0 Å². The maximum absolute atomic E-state index is 5.17. The second kappa shape index (κ2) is 4.84. The van der Waals surface area contributed by atoms with Gasteiger partial charge in [-0.3, -0.25) is 0 Å². The van der Waals surface area contributed by atoms with Gasteiger partial charge in [-0.15, -0.1) is 0 Å². The van der Waals surface area contributed by atoms with Crippen LogP contribution in [0.3, 0.4) is 0 Å². The molecule has 0 unspecified atom stereocenters. The van der Waals surface area contributed by atoms with Crippen LogP contribution in [0.15, 0.2) is 36.7 Å². The number of rotatable bonds is 3. The van der Waals surface area contributed by atoms with Crippen molar-refractivity contribution < 1.29 is 4.74 Å². The van der Waals surface area contributed by atoms with Gasteiger partial charge in [-0.05, 0) is 29.7 Å². The van der Waals surface area contributed by atoms with Crippen molar-refractivity contribution in [1.82, 2.24) is 9.55 Å². The lowest BCUT2D eigenvalue weighted by atomic mass is 9.92. The third-order valence-corrected chi connectivity index (χ3v) is 2.76. The Kier molecular flexibility index (Phi) is 3.41. The Morgan fingerprint density at radius 2 is 1.83 bits per heavy atom. The van der Waals surface area contributed by atoms with Gasteiger partial charge in [0.25, 0.3) is 0 Å². The van der Waals surface area contributed by atoms with E-state index in [2.05, 4.69) is 30.3 Å². The standard InChI is InChI=1S/C15H20N2O/c1-15(2,3)11-14-16-9-10-17(14)12-5-7-13(18-4)8-6-12/h5-10H,11H2,1-4H3. The molecule has 0 amide bonds. The van der Waals surface area contributed by atoms with E-state index in [1.165, 1.54) is 0 Å². The SMILES string of the molecule is COc1ccc(-n2ccnc2CC(C)(C)C)cc1. The fourth-order valence-corrected chi connectivity index (χ4v) is 1.92. The number of methoxy groups -OCH3 is 1. The summed E-state index contributed by atoms with van der Waals surface area (Å²) in [6, 6.07) is 8.03. The molecule has 1 aromatic heterocycles. The Hall–Kier alpha value is -1.77. The summed E-state index contributed by atoms with van der Waals surface area (Å²) in [6.45, 7) is 6.67. The topological polar surface area (TPSA) is 27.1 Å². The third kappa shape index (κ3) is 2.92. The summed E-state index contributed by atoms with van der Waals surface area (Å²) in [6.07, 6.45) is 4.81. The lowest BCUT2D eigenvalue weighted by Crippen LogP contribution is -2.13. The number of benzene rings is 1. The van der Waals surface area contributed by atoms with Crippen LogP contribution in [-0.4, -0.2) is 16.7 Å². The van der Waals surface area contributed by atoms with Gasteiger partial charge >= 0.3 is 0 Å². The van der Waals surface area contributed by atoms with Crippen molar-refractivity contribution >= 4 is 0 Å². The molecule has 2 aromatic rings. The van der Waals surface area contributed by atoms with Crippen molar-refractivity contribution in [2.75, 3.05) is 7.11 Å². The zero-order valence-corrected chi connectivity index (χ0v) is 11.5. The quantitative estimate of drug-likeness (QED) is 0.826. The highest BCUT2D eigenvalue weighted by Gasteiger charge is 2.15. The smallest absolute Gasteiger partial charge is 0.119 e. The highest BCUT2D eigenvalue weighted by Crippen LogP contribution is 2.22. The number of ether oxygens (including phenoxy) is 1. The summed E-state index contributed by atoms with van der Waals surface area (Å²) in [5.74, 6) is 1.96. The van der Waals surface area contributed by atoms with Crippen molar-refractivity contribution in [2.45, 2.75) is 27.2 Å². The van der Waals surface area contributed by atoms with Crippen molar-refractivity contribution in [2.24, 2.45) is 5.41 Å². The molecule has 3 heteroatoms. The van der Waals surface area contributed by atoms with Crippen molar-refractivity contribution in [3.8, 4) is 11.4 Å². The van der Waals surface area contributed by atoms with Crippen molar-refractivity contribution in [3.63, 3.8) is 0 Å². The van der Waals surface area contributed by atoms with E-state index < -0.39 is 0 Å². The first-order valence-corrected chi connectivity index (χ1v) is 6.16. The van der Waals surface area contributed by atoms with Crippen LogP contribution in [0.2, 0.25) is 0 Å². The maximum Gasteiger partial charge on any atom is 0.119 e. The van der Waals surface area contributed by atoms with Crippen LogP contribution in [0.4, 0.5) is 0 Å². The minimum Gasteiger partial charge on any atom is -0.497 e. The molecule has 0 fully saturated rings. The maximum atomic E-state index is 5.17. The lowest BCUT2D eigenvalue weighted by molar-refractivity contribution is 0.398. The molecule has 3 nitrogen and oxygen atoms in total. The molecule has 0 aliphatic rings. The van der Waals surface area contributed by atoms with E-state index in [-0.39, 0.29) is 5.41 Å². The van der Waals surface area contributed by atoms with Gasteiger partial charge in [0.1, 0.15) is 11.6 Å². The van der Waals surface area contributed by atoms with Crippen molar-refractivity contribution in [1.29, 1.82) is 0 Å². The number of aromatic nitrogens is 2. The molecule has 18 heavy (non-hydrogen) atoms. The molecule has 0 spiro atoms. The first kappa shape index (κ1) is 12.7.